The summed E-state index contributed by atoms with van der Waals surface area (Å²) in [5.41, 5.74) is 1.14. The zero-order chi connectivity index (χ0) is 8.10. The summed E-state index contributed by atoms with van der Waals surface area (Å²) < 4.78 is 0. The van der Waals surface area contributed by atoms with Gasteiger partial charge in [-0.1, -0.05) is 30.9 Å². The molecule has 1 aliphatic rings. The van der Waals surface area contributed by atoms with Crippen LogP contribution in [0.25, 0.3) is 0 Å². The van der Waals surface area contributed by atoms with Gasteiger partial charge in [0.2, 0.25) is 0 Å². The van der Waals surface area contributed by atoms with Gasteiger partial charge in [-0.2, -0.15) is 0 Å². The normalized spacial score (nSPS) is 16.9. The molecular weight excluding hydrogens is 136 g/mol. The van der Waals surface area contributed by atoms with E-state index in [9.17, 15) is 0 Å². The van der Waals surface area contributed by atoms with Crippen LogP contribution in [0.1, 0.15) is 12.8 Å². The van der Waals surface area contributed by atoms with Crippen molar-refractivity contribution in [2.45, 2.75) is 12.8 Å². The highest BCUT2D eigenvalue weighted by Crippen LogP contribution is 2.10. The number of allylic oxidation sites excluding steroid dienone is 6. The minimum atomic E-state index is 0.102. The summed E-state index contributed by atoms with van der Waals surface area (Å²) in [5.74, 6) is 0.102. The quantitative estimate of drug-likeness (QED) is 0.471. The van der Waals surface area contributed by atoms with E-state index in [4.69, 9.17) is 5.11 Å². The highest BCUT2D eigenvalue weighted by Gasteiger charge is 1.91. The Morgan fingerprint density at radius 2 is 2.36 bits per heavy atom. The van der Waals surface area contributed by atoms with Crippen LogP contribution in [0.15, 0.2) is 48.3 Å². The van der Waals surface area contributed by atoms with Crippen molar-refractivity contribution >= 4 is 0 Å². The molecule has 0 bridgehead atoms. The average Bonchev–Trinajstić information content (AvgIpc) is 2.03. The van der Waals surface area contributed by atoms with Crippen LogP contribution < -0.4 is 0 Å². The minimum Gasteiger partial charge on any atom is -0.509 e. The lowest BCUT2D eigenvalue weighted by Crippen LogP contribution is -1.80. The van der Waals surface area contributed by atoms with E-state index < -0.39 is 0 Å². The van der Waals surface area contributed by atoms with Gasteiger partial charge in [-0.25, -0.2) is 0 Å². The number of hydrogen-bond donors (Lipinski definition) is 1. The third kappa shape index (κ3) is 2.89. The maximum Gasteiger partial charge on any atom is 0.108 e. The van der Waals surface area contributed by atoms with Gasteiger partial charge in [0, 0.05) is 0 Å². The molecule has 1 heteroatoms. The standard InChI is InChI=1S/C10H12O/c1-9(11)7-8-10-5-3-2-4-6-10/h3,5-8,11H,1-2,4H2/b8-7+. The predicted octanol–water partition coefficient (Wildman–Crippen LogP) is 2.89. The first kappa shape index (κ1) is 7.86. The molecule has 0 spiro atoms. The van der Waals surface area contributed by atoms with Crippen molar-refractivity contribution in [1.29, 1.82) is 0 Å². The molecule has 0 aromatic heterocycles. The fraction of sp³-hybridized carbons (Fsp3) is 0.200. The van der Waals surface area contributed by atoms with Gasteiger partial charge in [-0.15, -0.1) is 0 Å². The first-order valence-electron chi connectivity index (χ1n) is 3.72. The summed E-state index contributed by atoms with van der Waals surface area (Å²) in [6.07, 6.45) is 12.0. The smallest absolute Gasteiger partial charge is 0.108 e. The Kier molecular flexibility index (Phi) is 2.73. The van der Waals surface area contributed by atoms with Crippen LogP contribution in [-0.4, -0.2) is 5.11 Å². The lowest BCUT2D eigenvalue weighted by molar-refractivity contribution is 0.435. The molecule has 58 valence electrons. The van der Waals surface area contributed by atoms with Gasteiger partial charge in [0.05, 0.1) is 0 Å². The van der Waals surface area contributed by atoms with Crippen LogP contribution in [0.4, 0.5) is 0 Å². The largest absolute Gasteiger partial charge is 0.509 e. The lowest BCUT2D eigenvalue weighted by atomic mass is 10.1. The number of aliphatic hydroxyl groups is 1. The van der Waals surface area contributed by atoms with Crippen molar-refractivity contribution in [3.05, 3.63) is 48.3 Å². The van der Waals surface area contributed by atoms with Gasteiger partial charge in [0.15, 0.2) is 0 Å². The zero-order valence-corrected chi connectivity index (χ0v) is 6.46. The Morgan fingerprint density at radius 3 is 2.91 bits per heavy atom. The van der Waals surface area contributed by atoms with Crippen LogP contribution in [0.2, 0.25) is 0 Å². The Balaban J connectivity index is 2.55. The molecule has 0 heterocycles. The fourth-order valence-electron chi connectivity index (χ4n) is 0.950. The molecule has 11 heavy (non-hydrogen) atoms. The Labute approximate surface area is 67.1 Å². The third-order valence-corrected chi connectivity index (χ3v) is 1.49. The molecule has 0 saturated carbocycles. The average molecular weight is 148 g/mol. The molecule has 1 aliphatic carbocycles. The van der Waals surface area contributed by atoms with Crippen LogP contribution in [0, 0.1) is 0 Å². The fourth-order valence-corrected chi connectivity index (χ4v) is 0.950. The van der Waals surface area contributed by atoms with E-state index in [1.165, 1.54) is 0 Å². The molecule has 1 nitrogen and oxygen atoms in total. The summed E-state index contributed by atoms with van der Waals surface area (Å²) >= 11 is 0. The van der Waals surface area contributed by atoms with E-state index in [1.807, 2.05) is 12.2 Å². The first-order valence-corrected chi connectivity index (χ1v) is 3.72. The van der Waals surface area contributed by atoms with Crippen molar-refractivity contribution in [2.24, 2.45) is 0 Å². The molecule has 0 aromatic carbocycles. The molecule has 0 aromatic rings. The van der Waals surface area contributed by atoms with Crippen molar-refractivity contribution < 1.29 is 5.11 Å². The summed E-state index contributed by atoms with van der Waals surface area (Å²) in [6.45, 7) is 3.36. The van der Waals surface area contributed by atoms with E-state index >= 15 is 0 Å². The van der Waals surface area contributed by atoms with Crippen LogP contribution in [-0.2, 0) is 0 Å². The maximum atomic E-state index is 8.75. The summed E-state index contributed by atoms with van der Waals surface area (Å²) in [4.78, 5) is 0. The van der Waals surface area contributed by atoms with Gasteiger partial charge in [-0.3, -0.25) is 0 Å². The molecule has 0 saturated heterocycles. The second kappa shape index (κ2) is 3.81. The molecule has 1 rings (SSSR count). The van der Waals surface area contributed by atoms with Gasteiger partial charge < -0.3 is 5.11 Å². The lowest BCUT2D eigenvalue weighted by Gasteiger charge is -1.99. The Morgan fingerprint density at radius 1 is 1.55 bits per heavy atom. The first-order chi connectivity index (χ1) is 5.29. The van der Waals surface area contributed by atoms with E-state index in [2.05, 4.69) is 18.7 Å². The monoisotopic (exact) mass is 148 g/mol. The van der Waals surface area contributed by atoms with Gasteiger partial charge in [0.25, 0.3) is 0 Å². The van der Waals surface area contributed by atoms with Gasteiger partial charge in [0.1, 0.15) is 5.76 Å². The number of rotatable bonds is 2. The van der Waals surface area contributed by atoms with Crippen LogP contribution in [0.3, 0.4) is 0 Å². The highest BCUT2D eigenvalue weighted by atomic mass is 16.3. The molecular formula is C10H12O. The minimum absolute atomic E-state index is 0.102. The Hall–Kier alpha value is -1.24. The molecule has 0 unspecified atom stereocenters. The topological polar surface area (TPSA) is 20.2 Å². The molecule has 1 N–H and O–H groups in total. The molecule has 0 atom stereocenters. The molecule has 0 amide bonds. The van der Waals surface area contributed by atoms with E-state index in [-0.39, 0.29) is 5.76 Å². The van der Waals surface area contributed by atoms with Crippen LogP contribution >= 0.6 is 0 Å². The maximum absolute atomic E-state index is 8.75. The van der Waals surface area contributed by atoms with E-state index in [0.29, 0.717) is 0 Å². The SMILES string of the molecule is C=C(O)/C=C/C1=CCCC=C1. The van der Waals surface area contributed by atoms with Crippen molar-refractivity contribution in [1.82, 2.24) is 0 Å². The van der Waals surface area contributed by atoms with Crippen molar-refractivity contribution in [3.8, 4) is 0 Å². The number of aliphatic hydroxyl groups excluding tert-OH is 1. The summed E-state index contributed by atoms with van der Waals surface area (Å²) in [6, 6.07) is 0. The molecule has 0 radical (unpaired) electrons. The molecule has 0 aliphatic heterocycles. The van der Waals surface area contributed by atoms with Gasteiger partial charge >= 0.3 is 0 Å². The predicted molar refractivity (Wildman–Crippen MR) is 47.4 cm³/mol. The van der Waals surface area contributed by atoms with Crippen molar-refractivity contribution in [3.63, 3.8) is 0 Å². The summed E-state index contributed by atoms with van der Waals surface area (Å²) in [7, 11) is 0. The van der Waals surface area contributed by atoms with Crippen LogP contribution in [0.5, 0.6) is 0 Å². The highest BCUT2D eigenvalue weighted by molar-refractivity contribution is 5.34. The second-order valence-corrected chi connectivity index (χ2v) is 2.51. The number of hydrogen-bond acceptors (Lipinski definition) is 1. The second-order valence-electron chi connectivity index (χ2n) is 2.51. The van der Waals surface area contributed by atoms with Crippen molar-refractivity contribution in [2.75, 3.05) is 0 Å². The van der Waals surface area contributed by atoms with E-state index in [1.54, 1.807) is 6.08 Å². The summed E-state index contributed by atoms with van der Waals surface area (Å²) in [5, 5.41) is 8.75. The van der Waals surface area contributed by atoms with E-state index in [0.717, 1.165) is 18.4 Å². The third-order valence-electron chi connectivity index (χ3n) is 1.49. The Bertz CT molecular complexity index is 231. The molecule has 0 fully saturated rings. The van der Waals surface area contributed by atoms with Gasteiger partial charge in [-0.05, 0) is 24.5 Å². The zero-order valence-electron chi connectivity index (χ0n) is 6.46.